The number of carbonyl (C=O) groups is 1. The number of aromatic nitrogens is 2. The number of rotatable bonds is 7. The molecule has 0 radical (unpaired) electrons. The number of aryl methyl sites for hydroxylation is 2. The third-order valence-electron chi connectivity index (χ3n) is 5.53. The highest BCUT2D eigenvalue weighted by molar-refractivity contribution is 7.91. The fourth-order valence-electron chi connectivity index (χ4n) is 4.01. The molecule has 1 aliphatic heterocycles. The molecule has 3 heterocycles. The highest BCUT2D eigenvalue weighted by Gasteiger charge is 2.31. The van der Waals surface area contributed by atoms with Crippen LogP contribution in [0.1, 0.15) is 49.2 Å². The van der Waals surface area contributed by atoms with Gasteiger partial charge in [-0.1, -0.05) is 31.5 Å². The van der Waals surface area contributed by atoms with Gasteiger partial charge in [0.2, 0.25) is 5.91 Å². The number of furan rings is 1. The summed E-state index contributed by atoms with van der Waals surface area (Å²) in [6, 6.07) is 9.31. The Bertz CT molecular complexity index is 1240. The Morgan fingerprint density at radius 2 is 2.16 bits per heavy atom. The zero-order valence-electron chi connectivity index (χ0n) is 17.8. The lowest BCUT2D eigenvalue weighted by Gasteiger charge is -2.13. The molecule has 8 heteroatoms. The van der Waals surface area contributed by atoms with Gasteiger partial charge in [0.15, 0.2) is 9.84 Å². The van der Waals surface area contributed by atoms with Crippen LogP contribution >= 0.6 is 0 Å². The summed E-state index contributed by atoms with van der Waals surface area (Å²) in [7, 11) is -3.05. The Hall–Kier alpha value is -2.87. The maximum Gasteiger partial charge on any atom is 0.249 e. The van der Waals surface area contributed by atoms with Crippen LogP contribution in [0.25, 0.3) is 17.0 Å². The second kappa shape index (κ2) is 8.70. The maximum atomic E-state index is 12.7. The van der Waals surface area contributed by atoms with Gasteiger partial charge in [0.25, 0.3) is 0 Å². The van der Waals surface area contributed by atoms with Crippen LogP contribution in [0.3, 0.4) is 0 Å². The SMILES string of the molecule is CCCCc1oc2ccccc2c1/C=C/C(=O)Nc1cc(C)nn1C1CCS(=O)(=O)C1. The second-order valence-electron chi connectivity index (χ2n) is 8.03. The molecule has 1 aromatic carbocycles. The molecular weight excluding hydrogens is 414 g/mol. The van der Waals surface area contributed by atoms with Crippen molar-refractivity contribution in [1.82, 2.24) is 9.78 Å². The molecular formula is C23H27N3O4S. The first-order chi connectivity index (χ1) is 14.9. The van der Waals surface area contributed by atoms with E-state index < -0.39 is 9.84 Å². The number of benzene rings is 1. The van der Waals surface area contributed by atoms with Gasteiger partial charge in [0.05, 0.1) is 23.2 Å². The molecule has 4 rings (SSSR count). The lowest BCUT2D eigenvalue weighted by molar-refractivity contribution is -0.111. The van der Waals surface area contributed by atoms with Crippen LogP contribution in [0.2, 0.25) is 0 Å². The van der Waals surface area contributed by atoms with Crippen molar-refractivity contribution in [1.29, 1.82) is 0 Å². The van der Waals surface area contributed by atoms with Gasteiger partial charge in [0.1, 0.15) is 17.2 Å². The van der Waals surface area contributed by atoms with Crippen molar-refractivity contribution < 1.29 is 17.6 Å². The summed E-state index contributed by atoms with van der Waals surface area (Å²) in [6.45, 7) is 3.95. The minimum absolute atomic E-state index is 0.0502. The zero-order valence-corrected chi connectivity index (χ0v) is 18.6. The Morgan fingerprint density at radius 3 is 2.90 bits per heavy atom. The Labute approximate surface area is 182 Å². The molecule has 1 amide bonds. The number of hydrogen-bond donors (Lipinski definition) is 1. The summed E-state index contributed by atoms with van der Waals surface area (Å²) >= 11 is 0. The van der Waals surface area contributed by atoms with Crippen molar-refractivity contribution in [2.45, 2.75) is 45.6 Å². The molecule has 1 unspecified atom stereocenters. The van der Waals surface area contributed by atoms with Crippen molar-refractivity contribution in [3.05, 3.63) is 53.4 Å². The molecule has 1 aliphatic rings. The monoisotopic (exact) mass is 441 g/mol. The van der Waals surface area contributed by atoms with Gasteiger partial charge < -0.3 is 9.73 Å². The summed E-state index contributed by atoms with van der Waals surface area (Å²) in [5.41, 5.74) is 2.46. The average molecular weight is 442 g/mol. The molecule has 1 fully saturated rings. The van der Waals surface area contributed by atoms with E-state index in [1.54, 1.807) is 16.8 Å². The summed E-state index contributed by atoms with van der Waals surface area (Å²) in [5, 5.41) is 8.25. The maximum absolute atomic E-state index is 12.7. The molecule has 0 saturated carbocycles. The van der Waals surface area contributed by atoms with Crippen LogP contribution in [0, 0.1) is 6.92 Å². The van der Waals surface area contributed by atoms with Crippen molar-refractivity contribution in [3.63, 3.8) is 0 Å². The fourth-order valence-corrected chi connectivity index (χ4v) is 5.70. The topological polar surface area (TPSA) is 94.2 Å². The predicted octanol–water partition coefficient (Wildman–Crippen LogP) is 4.29. The van der Waals surface area contributed by atoms with Gasteiger partial charge in [-0.05, 0) is 31.9 Å². The van der Waals surface area contributed by atoms with Crippen molar-refractivity contribution in [2.24, 2.45) is 0 Å². The van der Waals surface area contributed by atoms with Crippen LogP contribution < -0.4 is 5.32 Å². The molecule has 1 atom stereocenters. The highest BCUT2D eigenvalue weighted by Crippen LogP contribution is 2.29. The van der Waals surface area contributed by atoms with Gasteiger partial charge in [-0.2, -0.15) is 5.10 Å². The Morgan fingerprint density at radius 1 is 1.35 bits per heavy atom. The number of nitrogens with one attached hydrogen (secondary N) is 1. The van der Waals surface area contributed by atoms with Crippen LogP contribution in [0.5, 0.6) is 0 Å². The summed E-state index contributed by atoms with van der Waals surface area (Å²) in [4.78, 5) is 12.7. The standard InChI is InChI=1S/C23H27N3O4S/c1-3-4-8-20-19(18-7-5-6-9-21(18)30-20)10-11-23(27)24-22-14-16(2)25-26(22)17-12-13-31(28,29)15-17/h5-7,9-11,14,17H,3-4,8,12-13,15H2,1-2H3,(H,24,27)/b11-10+. The normalized spacial score (nSPS) is 18.2. The van der Waals surface area contributed by atoms with Crippen LogP contribution in [-0.2, 0) is 21.1 Å². The predicted molar refractivity (Wildman–Crippen MR) is 122 cm³/mol. The highest BCUT2D eigenvalue weighted by atomic mass is 32.2. The largest absolute Gasteiger partial charge is 0.460 e. The average Bonchev–Trinajstić information content (AvgIpc) is 3.39. The van der Waals surface area contributed by atoms with E-state index in [9.17, 15) is 13.2 Å². The van der Waals surface area contributed by atoms with E-state index in [4.69, 9.17) is 4.42 Å². The summed E-state index contributed by atoms with van der Waals surface area (Å²) in [6.07, 6.45) is 6.67. The van der Waals surface area contributed by atoms with Gasteiger partial charge in [-0.15, -0.1) is 0 Å². The quantitative estimate of drug-likeness (QED) is 0.552. The van der Waals surface area contributed by atoms with Gasteiger partial charge in [-0.3, -0.25) is 4.79 Å². The number of sulfone groups is 1. The number of carbonyl (C=O) groups excluding carboxylic acids is 1. The Kier molecular flexibility index (Phi) is 6.00. The number of para-hydroxylation sites is 1. The van der Waals surface area contributed by atoms with Crippen LogP contribution in [0.15, 0.2) is 40.8 Å². The van der Waals surface area contributed by atoms with Gasteiger partial charge >= 0.3 is 0 Å². The van der Waals surface area contributed by atoms with E-state index in [2.05, 4.69) is 17.3 Å². The van der Waals surface area contributed by atoms with Crippen molar-refractivity contribution in [2.75, 3.05) is 16.8 Å². The number of amides is 1. The zero-order chi connectivity index (χ0) is 22.0. The van der Waals surface area contributed by atoms with Crippen LogP contribution in [0.4, 0.5) is 5.82 Å². The molecule has 3 aromatic rings. The molecule has 0 bridgehead atoms. The molecule has 1 saturated heterocycles. The second-order valence-corrected chi connectivity index (χ2v) is 10.3. The first-order valence-electron chi connectivity index (χ1n) is 10.6. The molecule has 2 aromatic heterocycles. The molecule has 0 spiro atoms. The molecule has 164 valence electrons. The fraction of sp³-hybridized carbons (Fsp3) is 0.391. The lowest BCUT2D eigenvalue weighted by atomic mass is 10.1. The molecule has 0 aliphatic carbocycles. The van der Waals surface area contributed by atoms with Gasteiger partial charge in [-0.25, -0.2) is 13.1 Å². The van der Waals surface area contributed by atoms with E-state index in [-0.39, 0.29) is 23.5 Å². The summed E-state index contributed by atoms with van der Waals surface area (Å²) < 4.78 is 31.3. The van der Waals surface area contributed by atoms with Crippen molar-refractivity contribution >= 4 is 38.6 Å². The number of anilines is 1. The number of nitrogens with zero attached hydrogens (tertiary/aromatic N) is 2. The third-order valence-corrected chi connectivity index (χ3v) is 7.28. The first-order valence-corrected chi connectivity index (χ1v) is 12.4. The summed E-state index contributed by atoms with van der Waals surface area (Å²) in [5.74, 6) is 1.29. The molecule has 7 nitrogen and oxygen atoms in total. The Balaban J connectivity index is 1.55. The molecule has 31 heavy (non-hydrogen) atoms. The van der Waals surface area contributed by atoms with E-state index in [0.29, 0.717) is 12.2 Å². The van der Waals surface area contributed by atoms with E-state index >= 15 is 0 Å². The van der Waals surface area contributed by atoms with Crippen molar-refractivity contribution in [3.8, 4) is 0 Å². The number of unbranched alkanes of at least 4 members (excludes halogenated alkanes) is 1. The number of hydrogen-bond acceptors (Lipinski definition) is 5. The first kappa shape index (κ1) is 21.4. The van der Waals surface area contributed by atoms with Crippen LogP contribution in [-0.4, -0.2) is 35.6 Å². The van der Waals surface area contributed by atoms with E-state index in [1.807, 2.05) is 31.2 Å². The van der Waals surface area contributed by atoms with Gasteiger partial charge in [0, 0.05) is 29.5 Å². The lowest BCUT2D eigenvalue weighted by Crippen LogP contribution is -2.18. The minimum Gasteiger partial charge on any atom is -0.460 e. The smallest absolute Gasteiger partial charge is 0.249 e. The number of fused-ring (bicyclic) bond motifs is 1. The molecule has 1 N–H and O–H groups in total. The van der Waals surface area contributed by atoms with E-state index in [1.165, 1.54) is 6.08 Å². The third kappa shape index (κ3) is 4.74. The minimum atomic E-state index is -3.05. The van der Waals surface area contributed by atoms with E-state index in [0.717, 1.165) is 47.2 Å².